The maximum absolute atomic E-state index is 13.8. The van der Waals surface area contributed by atoms with Gasteiger partial charge in [0.1, 0.15) is 0 Å². The molecular weight excluding hydrogens is 375 g/mol. The van der Waals surface area contributed by atoms with Gasteiger partial charge in [-0.05, 0) is 24.1 Å². The first kappa shape index (κ1) is 19.4. The molecule has 1 aliphatic rings. The molecule has 2 aromatic rings. The number of hydrogen-bond donors (Lipinski definition) is 2. The summed E-state index contributed by atoms with van der Waals surface area (Å²) in [6.45, 7) is 0. The minimum atomic E-state index is -5.23. The minimum Gasteiger partial charge on any atom is -0.318 e. The number of alkyl halides is 3. The number of nitrogens with one attached hydrogen (secondary N) is 2. The smallest absolute Gasteiger partial charge is 0.318 e. The lowest BCUT2D eigenvalue weighted by Gasteiger charge is -2.29. The lowest BCUT2D eigenvalue weighted by Crippen LogP contribution is -2.69. The van der Waals surface area contributed by atoms with Gasteiger partial charge in [-0.25, -0.2) is 9.69 Å². The predicted octanol–water partition coefficient (Wildman–Crippen LogP) is 2.75. The Hall–Kier alpha value is -3.36. The van der Waals surface area contributed by atoms with Gasteiger partial charge in [0.05, 0.1) is 5.69 Å². The molecule has 1 aliphatic heterocycles. The molecule has 2 N–H and O–H groups in total. The lowest BCUT2D eigenvalue weighted by atomic mass is 10.1. The Balaban J connectivity index is 1.82. The zero-order valence-electron chi connectivity index (χ0n) is 14.5. The largest absolute Gasteiger partial charge is 0.440 e. The van der Waals surface area contributed by atoms with E-state index in [9.17, 15) is 27.6 Å². The van der Waals surface area contributed by atoms with E-state index in [1.807, 2.05) is 0 Å². The summed E-state index contributed by atoms with van der Waals surface area (Å²) in [7, 11) is 0. The Bertz CT molecular complexity index is 888. The average Bonchev–Trinajstić information content (AvgIpc) is 2.92. The van der Waals surface area contributed by atoms with Crippen molar-refractivity contribution in [2.45, 2.75) is 24.7 Å². The molecule has 1 saturated heterocycles. The number of hydrogen-bond acceptors (Lipinski definition) is 3. The summed E-state index contributed by atoms with van der Waals surface area (Å²) >= 11 is 0. The van der Waals surface area contributed by atoms with Gasteiger partial charge in [0.15, 0.2) is 0 Å². The van der Waals surface area contributed by atoms with Crippen molar-refractivity contribution in [1.29, 1.82) is 0 Å². The maximum atomic E-state index is 13.8. The number of urea groups is 1. The second-order valence-corrected chi connectivity index (χ2v) is 6.19. The molecule has 1 atom stereocenters. The fourth-order valence-electron chi connectivity index (χ4n) is 2.86. The van der Waals surface area contributed by atoms with Crippen LogP contribution in [-0.2, 0) is 16.0 Å². The molecule has 0 radical (unpaired) electrons. The monoisotopic (exact) mass is 391 g/mol. The quantitative estimate of drug-likeness (QED) is 0.770. The lowest BCUT2D eigenvalue weighted by molar-refractivity contribution is -0.201. The summed E-state index contributed by atoms with van der Waals surface area (Å²) < 4.78 is 41.3. The van der Waals surface area contributed by atoms with Crippen molar-refractivity contribution in [2.24, 2.45) is 0 Å². The van der Waals surface area contributed by atoms with Crippen LogP contribution in [0.3, 0.4) is 0 Å². The van der Waals surface area contributed by atoms with Crippen LogP contribution in [0.4, 0.5) is 23.7 Å². The molecule has 0 spiro atoms. The zero-order valence-corrected chi connectivity index (χ0v) is 14.5. The number of benzene rings is 2. The molecule has 28 heavy (non-hydrogen) atoms. The van der Waals surface area contributed by atoms with Gasteiger partial charge in [-0.15, -0.1) is 0 Å². The second kappa shape index (κ2) is 7.34. The third-order valence-corrected chi connectivity index (χ3v) is 4.27. The summed E-state index contributed by atoms with van der Waals surface area (Å²) in [5.74, 6) is -2.62. The molecule has 0 aliphatic carbocycles. The highest BCUT2D eigenvalue weighted by molar-refractivity contribution is 6.24. The molecule has 0 bridgehead atoms. The van der Waals surface area contributed by atoms with Crippen LogP contribution < -0.4 is 15.5 Å². The number of anilines is 1. The van der Waals surface area contributed by atoms with E-state index >= 15 is 0 Å². The summed E-state index contributed by atoms with van der Waals surface area (Å²) in [5.41, 5.74) is -2.78. The van der Waals surface area contributed by atoms with Crippen molar-refractivity contribution in [2.75, 3.05) is 4.90 Å². The number of rotatable bonds is 5. The summed E-state index contributed by atoms with van der Waals surface area (Å²) in [6.07, 6.45) is -5.33. The van der Waals surface area contributed by atoms with Crippen molar-refractivity contribution in [3.8, 4) is 0 Å². The van der Waals surface area contributed by atoms with Gasteiger partial charge in [0.25, 0.3) is 11.6 Å². The van der Waals surface area contributed by atoms with E-state index < -0.39 is 29.7 Å². The molecule has 2 aromatic carbocycles. The Morgan fingerprint density at radius 2 is 1.57 bits per heavy atom. The van der Waals surface area contributed by atoms with E-state index in [4.69, 9.17) is 0 Å². The van der Waals surface area contributed by atoms with Crippen LogP contribution in [0.2, 0.25) is 0 Å². The first-order valence-electron chi connectivity index (χ1n) is 8.38. The van der Waals surface area contributed by atoms with E-state index in [1.54, 1.807) is 47.0 Å². The Morgan fingerprint density at radius 3 is 2.14 bits per heavy atom. The van der Waals surface area contributed by atoms with Crippen LogP contribution in [0.5, 0.6) is 0 Å². The fourth-order valence-corrected chi connectivity index (χ4v) is 2.86. The number of halogens is 3. The zero-order chi connectivity index (χ0) is 20.4. The highest BCUT2D eigenvalue weighted by Gasteiger charge is 2.69. The van der Waals surface area contributed by atoms with Gasteiger partial charge in [-0.2, -0.15) is 13.2 Å². The molecule has 9 heteroatoms. The highest BCUT2D eigenvalue weighted by Crippen LogP contribution is 2.35. The molecule has 1 heterocycles. The van der Waals surface area contributed by atoms with E-state index in [0.717, 1.165) is 5.56 Å². The van der Waals surface area contributed by atoms with Gasteiger partial charge in [-0.1, -0.05) is 48.5 Å². The molecule has 3 rings (SSSR count). The van der Waals surface area contributed by atoms with Crippen LogP contribution in [-0.4, -0.2) is 29.7 Å². The van der Waals surface area contributed by atoms with E-state index in [2.05, 4.69) is 0 Å². The van der Waals surface area contributed by atoms with Gasteiger partial charge in [-0.3, -0.25) is 14.9 Å². The number of imide groups is 1. The number of amides is 4. The van der Waals surface area contributed by atoms with Gasteiger partial charge < -0.3 is 5.32 Å². The number of carbonyl (C=O) groups is 3. The Kier molecular flexibility index (Phi) is 5.08. The molecule has 0 saturated carbocycles. The third kappa shape index (κ3) is 3.55. The van der Waals surface area contributed by atoms with Crippen LogP contribution >= 0.6 is 0 Å². The maximum Gasteiger partial charge on any atom is 0.440 e. The van der Waals surface area contributed by atoms with Crippen LogP contribution in [0.1, 0.15) is 12.0 Å². The minimum absolute atomic E-state index is 0.0327. The molecule has 6 nitrogen and oxygen atoms in total. The molecule has 0 unspecified atom stereocenters. The Labute approximate surface area is 158 Å². The molecule has 146 valence electrons. The second-order valence-electron chi connectivity index (χ2n) is 6.19. The van der Waals surface area contributed by atoms with E-state index in [1.165, 1.54) is 24.3 Å². The van der Waals surface area contributed by atoms with Gasteiger partial charge >= 0.3 is 12.2 Å². The molecule has 1 fully saturated rings. The standard InChI is InChI=1S/C19H16F3N3O3/c20-19(21,22)18(23-15(26)12-11-13-7-3-1-4-8-13)16(27)25(17(28)24-18)14-9-5-2-6-10-14/h1-10H,11-12H2,(H,23,26)(H,24,28)/t18-/m0/s1. The number of nitrogens with zero attached hydrogens (tertiary/aromatic N) is 1. The topological polar surface area (TPSA) is 78.5 Å². The van der Waals surface area contributed by atoms with Crippen LogP contribution in [0, 0.1) is 0 Å². The Morgan fingerprint density at radius 1 is 1.00 bits per heavy atom. The van der Waals surface area contributed by atoms with Crippen molar-refractivity contribution in [3.05, 3.63) is 66.2 Å². The highest BCUT2D eigenvalue weighted by atomic mass is 19.4. The first-order valence-corrected chi connectivity index (χ1v) is 8.38. The third-order valence-electron chi connectivity index (χ3n) is 4.27. The SMILES string of the molecule is O=C(CCc1ccccc1)N[C@]1(C(F)(F)F)NC(=O)N(c2ccccc2)C1=O. The fraction of sp³-hybridized carbons (Fsp3) is 0.211. The summed E-state index contributed by atoms with van der Waals surface area (Å²) in [4.78, 5) is 37.3. The molecule has 0 aromatic heterocycles. The predicted molar refractivity (Wildman–Crippen MR) is 94.2 cm³/mol. The van der Waals surface area contributed by atoms with Crippen molar-refractivity contribution >= 4 is 23.5 Å². The van der Waals surface area contributed by atoms with E-state index in [0.29, 0.717) is 4.90 Å². The van der Waals surface area contributed by atoms with Crippen molar-refractivity contribution in [1.82, 2.24) is 10.6 Å². The van der Waals surface area contributed by atoms with E-state index in [-0.39, 0.29) is 18.5 Å². The number of aryl methyl sites for hydroxylation is 1. The summed E-state index contributed by atoms with van der Waals surface area (Å²) in [5, 5.41) is 3.31. The normalized spacial score (nSPS) is 19.5. The van der Waals surface area contributed by atoms with Crippen LogP contribution in [0.25, 0.3) is 0 Å². The average molecular weight is 391 g/mol. The molecule has 4 amide bonds. The first-order chi connectivity index (χ1) is 13.2. The number of carbonyl (C=O) groups excluding carboxylic acids is 3. The summed E-state index contributed by atoms with van der Waals surface area (Å²) in [6, 6.07) is 14.6. The molecular formula is C19H16F3N3O3. The van der Waals surface area contributed by atoms with Crippen molar-refractivity contribution in [3.63, 3.8) is 0 Å². The number of para-hydroxylation sites is 1. The van der Waals surface area contributed by atoms with Gasteiger partial charge in [0.2, 0.25) is 5.91 Å². The van der Waals surface area contributed by atoms with Crippen LogP contribution in [0.15, 0.2) is 60.7 Å². The van der Waals surface area contributed by atoms with Crippen molar-refractivity contribution < 1.29 is 27.6 Å². The van der Waals surface area contributed by atoms with Gasteiger partial charge in [0, 0.05) is 6.42 Å².